The van der Waals surface area contributed by atoms with Gasteiger partial charge in [-0.3, -0.25) is 0 Å². The number of quaternary nitrogens is 1. The van der Waals surface area contributed by atoms with Gasteiger partial charge in [-0.25, -0.2) is 4.79 Å². The van der Waals surface area contributed by atoms with Gasteiger partial charge in [-0.15, -0.1) is 0 Å². The number of hydrogen-bond donors (Lipinski definition) is 0. The summed E-state index contributed by atoms with van der Waals surface area (Å²) in [5.74, 6) is -0.386. The van der Waals surface area contributed by atoms with Crippen molar-refractivity contribution >= 4 is 15.0 Å². The van der Waals surface area contributed by atoms with Crippen LogP contribution in [-0.2, 0) is 18.6 Å². The van der Waals surface area contributed by atoms with Crippen LogP contribution in [0.4, 0.5) is 0 Å². The third-order valence-corrected chi connectivity index (χ3v) is 2.39. The van der Waals surface area contributed by atoms with E-state index in [-0.39, 0.29) is 21.6 Å². The summed E-state index contributed by atoms with van der Waals surface area (Å²) < 4.78 is 16.2. The molecule has 6 heteroatoms. The van der Waals surface area contributed by atoms with Crippen LogP contribution >= 0.6 is 9.03 Å². The molecule has 0 spiro atoms. The van der Waals surface area contributed by atoms with Crippen molar-refractivity contribution in [2.45, 2.75) is 6.92 Å². The first-order valence-corrected chi connectivity index (χ1v) is 6.26. The number of carbonyl (C=O) groups excluding carboxylic acids is 1. The fourth-order valence-corrected chi connectivity index (χ4v) is 1.17. The lowest BCUT2D eigenvalue weighted by Crippen LogP contribution is -2.37. The van der Waals surface area contributed by atoms with Gasteiger partial charge in [0.15, 0.2) is 9.03 Å². The van der Waals surface area contributed by atoms with Crippen LogP contribution in [0.2, 0.25) is 0 Å². The van der Waals surface area contributed by atoms with Gasteiger partial charge < -0.3 is 18.3 Å². The quantitative estimate of drug-likeness (QED) is 0.207. The molecule has 0 radical (unpaired) electrons. The lowest BCUT2D eigenvalue weighted by Gasteiger charge is -2.23. The molecular weight excluding hydrogens is 241 g/mol. The summed E-state index contributed by atoms with van der Waals surface area (Å²) in [6, 6.07) is 0. The van der Waals surface area contributed by atoms with Crippen molar-refractivity contribution in [2.75, 3.05) is 47.5 Å². The Kier molecular flexibility index (Phi) is 8.35. The molecule has 0 aliphatic heterocycles. The molecule has 5 nitrogen and oxygen atoms in total. The van der Waals surface area contributed by atoms with E-state index in [4.69, 9.17) is 13.8 Å². The number of hydrogen-bond acceptors (Lipinski definition) is 4. The van der Waals surface area contributed by atoms with Crippen LogP contribution in [0.1, 0.15) is 6.92 Å². The molecule has 0 rings (SSSR count). The highest BCUT2D eigenvalue weighted by Crippen LogP contribution is 2.13. The number of carbonyl (C=O) groups is 1. The Morgan fingerprint density at radius 3 is 2.29 bits per heavy atom. The third-order valence-electron chi connectivity index (χ3n) is 1.75. The maximum atomic E-state index is 11.0. The number of likely N-dealkylation sites (N-methyl/N-ethyl adjacent to an activating group) is 1. The highest BCUT2D eigenvalue weighted by Gasteiger charge is 2.06. The number of esters is 1. The van der Waals surface area contributed by atoms with Crippen molar-refractivity contribution in [1.82, 2.24) is 0 Å². The zero-order chi connectivity index (χ0) is 13.3. The maximum Gasteiger partial charge on any atom is 0.333 e. The standard InChI is InChI=1S/C11H23NO4P/c1-10(2)11(13)14-8-9-16-17-15-7-6-12(3,4)5/h17H,1,6-9H2,2-5H3/q+1. The molecule has 0 heterocycles. The number of rotatable bonds is 9. The minimum Gasteiger partial charge on any atom is -0.460 e. The lowest BCUT2D eigenvalue weighted by molar-refractivity contribution is -0.870. The first-order valence-electron chi connectivity index (χ1n) is 5.44. The summed E-state index contributed by atoms with van der Waals surface area (Å²) in [5.41, 5.74) is 0.395. The molecule has 17 heavy (non-hydrogen) atoms. The summed E-state index contributed by atoms with van der Waals surface area (Å²) in [6.45, 7) is 7.26. The molecule has 0 fully saturated rings. The van der Waals surface area contributed by atoms with Crippen molar-refractivity contribution in [3.8, 4) is 0 Å². The van der Waals surface area contributed by atoms with Gasteiger partial charge in [0.2, 0.25) is 0 Å². The van der Waals surface area contributed by atoms with Crippen LogP contribution in [0.5, 0.6) is 0 Å². The molecular formula is C11H23NO4P+. The fraction of sp³-hybridized carbons (Fsp3) is 0.727. The SMILES string of the molecule is C=C(C)C(=O)OCCOPOCC[N+](C)(C)C. The molecule has 0 aromatic rings. The summed E-state index contributed by atoms with van der Waals surface area (Å²) in [4.78, 5) is 11.0. The van der Waals surface area contributed by atoms with E-state index in [9.17, 15) is 4.79 Å². The first kappa shape index (κ1) is 16.5. The smallest absolute Gasteiger partial charge is 0.333 e. The largest absolute Gasteiger partial charge is 0.460 e. The first-order chi connectivity index (χ1) is 7.83. The van der Waals surface area contributed by atoms with E-state index in [2.05, 4.69) is 27.7 Å². The molecule has 1 atom stereocenters. The van der Waals surface area contributed by atoms with Crippen LogP contribution in [0.25, 0.3) is 0 Å². The van der Waals surface area contributed by atoms with Crippen molar-refractivity contribution in [2.24, 2.45) is 0 Å². The van der Waals surface area contributed by atoms with Crippen molar-refractivity contribution in [3.05, 3.63) is 12.2 Å². The van der Waals surface area contributed by atoms with Crippen LogP contribution in [-0.4, -0.2) is 58.0 Å². The molecule has 0 aliphatic carbocycles. The number of nitrogens with zero attached hydrogens (tertiary/aromatic N) is 1. The highest BCUT2D eigenvalue weighted by atomic mass is 31.1. The minimum absolute atomic E-state index is 0.00768. The average molecular weight is 264 g/mol. The van der Waals surface area contributed by atoms with E-state index in [0.717, 1.165) is 11.0 Å². The van der Waals surface area contributed by atoms with Gasteiger partial charge in [-0.05, 0) is 6.92 Å². The normalized spacial score (nSPS) is 12.0. The van der Waals surface area contributed by atoms with E-state index in [1.54, 1.807) is 6.92 Å². The molecule has 0 aliphatic rings. The Bertz CT molecular complexity index is 250. The molecule has 0 saturated heterocycles. The summed E-state index contributed by atoms with van der Waals surface area (Å²) in [5, 5.41) is 0. The summed E-state index contributed by atoms with van der Waals surface area (Å²) in [7, 11) is 6.30. The van der Waals surface area contributed by atoms with Crippen LogP contribution < -0.4 is 0 Å². The fourth-order valence-electron chi connectivity index (χ4n) is 0.744. The second kappa shape index (κ2) is 8.59. The highest BCUT2D eigenvalue weighted by molar-refractivity contribution is 7.26. The van der Waals surface area contributed by atoms with E-state index < -0.39 is 0 Å². The van der Waals surface area contributed by atoms with Crippen LogP contribution in [0, 0.1) is 0 Å². The van der Waals surface area contributed by atoms with Gasteiger partial charge in [0, 0.05) is 5.57 Å². The predicted octanol–water partition coefficient (Wildman–Crippen LogP) is 1.35. The Morgan fingerprint density at radius 2 is 1.76 bits per heavy atom. The molecule has 0 aromatic carbocycles. The molecule has 0 bridgehead atoms. The Hall–Kier alpha value is -0.480. The molecule has 1 unspecified atom stereocenters. The van der Waals surface area contributed by atoms with Gasteiger partial charge in [0.25, 0.3) is 0 Å². The summed E-state index contributed by atoms with van der Waals surface area (Å²) >= 11 is 0. The van der Waals surface area contributed by atoms with E-state index in [1.165, 1.54) is 0 Å². The van der Waals surface area contributed by atoms with Gasteiger partial charge >= 0.3 is 5.97 Å². The Morgan fingerprint density at radius 1 is 1.18 bits per heavy atom. The zero-order valence-corrected chi connectivity index (χ0v) is 12.1. The van der Waals surface area contributed by atoms with Gasteiger partial charge in [0.1, 0.15) is 19.8 Å². The predicted molar refractivity (Wildman–Crippen MR) is 68.9 cm³/mol. The molecule has 0 amide bonds. The minimum atomic E-state index is -0.386. The van der Waals surface area contributed by atoms with E-state index in [0.29, 0.717) is 18.8 Å². The van der Waals surface area contributed by atoms with Crippen molar-refractivity contribution < 1.29 is 23.1 Å². The second-order valence-electron chi connectivity index (χ2n) is 4.71. The molecule has 0 N–H and O–H groups in total. The molecule has 0 saturated carbocycles. The molecule has 0 aromatic heterocycles. The maximum absolute atomic E-state index is 11.0. The van der Waals surface area contributed by atoms with Crippen LogP contribution in [0.3, 0.4) is 0 Å². The molecule has 100 valence electrons. The Balaban J connectivity index is 3.25. The third kappa shape index (κ3) is 11.8. The van der Waals surface area contributed by atoms with E-state index >= 15 is 0 Å². The average Bonchev–Trinajstić information content (AvgIpc) is 2.19. The Labute approximate surface area is 105 Å². The van der Waals surface area contributed by atoms with Crippen molar-refractivity contribution in [1.29, 1.82) is 0 Å². The van der Waals surface area contributed by atoms with Gasteiger partial charge in [-0.1, -0.05) is 6.58 Å². The van der Waals surface area contributed by atoms with Gasteiger partial charge in [-0.2, -0.15) is 0 Å². The van der Waals surface area contributed by atoms with Gasteiger partial charge in [0.05, 0.1) is 27.7 Å². The summed E-state index contributed by atoms with van der Waals surface area (Å²) in [6.07, 6.45) is 0. The van der Waals surface area contributed by atoms with Crippen molar-refractivity contribution in [3.63, 3.8) is 0 Å². The monoisotopic (exact) mass is 264 g/mol. The zero-order valence-electron chi connectivity index (χ0n) is 11.1. The topological polar surface area (TPSA) is 44.8 Å². The lowest BCUT2D eigenvalue weighted by atomic mass is 10.4. The second-order valence-corrected chi connectivity index (χ2v) is 5.45. The van der Waals surface area contributed by atoms with Crippen LogP contribution in [0.15, 0.2) is 12.2 Å². The van der Waals surface area contributed by atoms with E-state index in [1.807, 2.05) is 0 Å². The number of ether oxygens (including phenoxy) is 1.